The fourth-order valence-electron chi connectivity index (χ4n) is 2.42. The molecular weight excluding hydrogens is 384 g/mol. The number of urea groups is 1. The van der Waals surface area contributed by atoms with Gasteiger partial charge in [0.1, 0.15) is 5.58 Å². The number of esters is 1. The number of ether oxygens (including phenoxy) is 1. The van der Waals surface area contributed by atoms with Crippen molar-refractivity contribution in [2.45, 2.75) is 19.6 Å². The number of benzene rings is 2. The number of hydrogen-bond acceptors (Lipinski definition) is 5. The topological polar surface area (TPSA) is 97.6 Å². The Labute approximate surface area is 165 Å². The predicted octanol–water partition coefficient (Wildman–Crippen LogP) is 3.66. The van der Waals surface area contributed by atoms with Crippen LogP contribution in [-0.2, 0) is 16.1 Å². The molecule has 0 radical (unpaired) electrons. The maximum Gasteiger partial charge on any atom is 0.375 e. The van der Waals surface area contributed by atoms with Crippen molar-refractivity contribution >= 4 is 40.5 Å². The van der Waals surface area contributed by atoms with Crippen LogP contribution in [0.1, 0.15) is 23.0 Å². The summed E-state index contributed by atoms with van der Waals surface area (Å²) in [7, 11) is 0. The molecule has 0 spiro atoms. The summed E-state index contributed by atoms with van der Waals surface area (Å²) >= 11 is 5.90. The zero-order valence-electron chi connectivity index (χ0n) is 14.9. The van der Waals surface area contributed by atoms with Crippen LogP contribution in [0.2, 0.25) is 5.02 Å². The monoisotopic (exact) mass is 400 g/mol. The van der Waals surface area contributed by atoms with Gasteiger partial charge in [-0.3, -0.25) is 10.1 Å². The van der Waals surface area contributed by atoms with Crippen LogP contribution >= 0.6 is 11.6 Å². The first-order chi connectivity index (χ1) is 13.4. The largest absolute Gasteiger partial charge is 0.449 e. The highest BCUT2D eigenvalue weighted by molar-refractivity contribution is 6.31. The number of rotatable bonds is 5. The first-order valence-electron chi connectivity index (χ1n) is 8.45. The van der Waals surface area contributed by atoms with Crippen molar-refractivity contribution in [1.29, 1.82) is 0 Å². The van der Waals surface area contributed by atoms with Crippen LogP contribution in [0.25, 0.3) is 11.0 Å². The molecule has 0 aliphatic heterocycles. The maximum absolute atomic E-state index is 12.2. The molecule has 0 aliphatic rings. The van der Waals surface area contributed by atoms with Crippen LogP contribution in [0.3, 0.4) is 0 Å². The molecule has 0 fully saturated rings. The molecule has 0 saturated heterocycles. The second kappa shape index (κ2) is 8.58. The molecule has 2 N–H and O–H groups in total. The first kappa shape index (κ1) is 19.4. The fourth-order valence-corrected chi connectivity index (χ4v) is 2.60. The van der Waals surface area contributed by atoms with E-state index in [2.05, 4.69) is 10.6 Å². The van der Waals surface area contributed by atoms with E-state index in [1.54, 1.807) is 18.2 Å². The number of carbonyl (C=O) groups is 3. The van der Waals surface area contributed by atoms with Gasteiger partial charge in [-0.25, -0.2) is 9.59 Å². The van der Waals surface area contributed by atoms with E-state index in [4.69, 9.17) is 20.8 Å². The average molecular weight is 401 g/mol. The molecule has 28 heavy (non-hydrogen) atoms. The average Bonchev–Trinajstić information content (AvgIpc) is 3.10. The molecule has 2 aromatic carbocycles. The van der Waals surface area contributed by atoms with Gasteiger partial charge in [-0.1, -0.05) is 41.9 Å². The van der Waals surface area contributed by atoms with Crippen LogP contribution in [0.15, 0.2) is 59.0 Å². The Morgan fingerprint density at radius 2 is 1.86 bits per heavy atom. The Morgan fingerprint density at radius 3 is 2.61 bits per heavy atom. The fraction of sp³-hybridized carbons (Fsp3) is 0.150. The van der Waals surface area contributed by atoms with E-state index >= 15 is 0 Å². The Hall–Kier alpha value is -3.32. The normalized spacial score (nSPS) is 11.6. The van der Waals surface area contributed by atoms with Crippen molar-refractivity contribution in [3.63, 3.8) is 0 Å². The lowest BCUT2D eigenvalue weighted by molar-refractivity contribution is -0.128. The molecule has 0 aliphatic carbocycles. The van der Waals surface area contributed by atoms with E-state index in [9.17, 15) is 14.4 Å². The maximum atomic E-state index is 12.2. The van der Waals surface area contributed by atoms with Crippen LogP contribution < -0.4 is 10.6 Å². The van der Waals surface area contributed by atoms with Crippen LogP contribution in [0.4, 0.5) is 4.79 Å². The van der Waals surface area contributed by atoms with Crippen LogP contribution in [-0.4, -0.2) is 24.0 Å². The Bertz CT molecular complexity index is 1020. The van der Waals surface area contributed by atoms with Gasteiger partial charge >= 0.3 is 12.0 Å². The third-order valence-corrected chi connectivity index (χ3v) is 4.10. The molecule has 1 aromatic heterocycles. The molecule has 3 rings (SSSR count). The van der Waals surface area contributed by atoms with Gasteiger partial charge in [0.15, 0.2) is 6.10 Å². The zero-order valence-corrected chi connectivity index (χ0v) is 15.7. The quantitative estimate of drug-likeness (QED) is 0.637. The summed E-state index contributed by atoms with van der Waals surface area (Å²) < 4.78 is 10.5. The van der Waals surface area contributed by atoms with Gasteiger partial charge in [0.2, 0.25) is 5.76 Å². The summed E-state index contributed by atoms with van der Waals surface area (Å²) in [6, 6.07) is 14.9. The van der Waals surface area contributed by atoms with Crippen LogP contribution in [0, 0.1) is 0 Å². The minimum atomic E-state index is -1.19. The summed E-state index contributed by atoms with van der Waals surface area (Å²) in [6.07, 6.45) is -1.19. The van der Waals surface area contributed by atoms with Gasteiger partial charge in [0, 0.05) is 17.0 Å². The van der Waals surface area contributed by atoms with Crippen LogP contribution in [0.5, 0.6) is 0 Å². The van der Waals surface area contributed by atoms with Crippen molar-refractivity contribution in [3.05, 3.63) is 70.9 Å². The van der Waals surface area contributed by atoms with E-state index in [0.29, 0.717) is 16.0 Å². The predicted molar refractivity (Wildman–Crippen MR) is 103 cm³/mol. The van der Waals surface area contributed by atoms with Gasteiger partial charge in [-0.15, -0.1) is 0 Å². The van der Waals surface area contributed by atoms with Crippen molar-refractivity contribution in [2.75, 3.05) is 0 Å². The van der Waals surface area contributed by atoms with Gasteiger partial charge in [0.25, 0.3) is 5.91 Å². The lowest BCUT2D eigenvalue weighted by Gasteiger charge is -2.12. The number of furan rings is 1. The second-order valence-corrected chi connectivity index (χ2v) is 6.43. The molecule has 144 valence electrons. The number of carbonyl (C=O) groups excluding carboxylic acids is 3. The standard InChI is InChI=1S/C20H17ClN2O5/c1-12(18(24)23-20(26)22-11-13-5-3-2-4-6-13)27-19(25)17-10-14-9-15(21)7-8-16(14)28-17/h2-10,12H,11H2,1H3,(H2,22,23,24,26). The summed E-state index contributed by atoms with van der Waals surface area (Å²) in [5.74, 6) is -1.64. The molecule has 7 nitrogen and oxygen atoms in total. The highest BCUT2D eigenvalue weighted by Gasteiger charge is 2.23. The minimum absolute atomic E-state index is 0.0644. The smallest absolute Gasteiger partial charge is 0.375 e. The van der Waals surface area contributed by atoms with Crippen molar-refractivity contribution < 1.29 is 23.5 Å². The third-order valence-electron chi connectivity index (χ3n) is 3.87. The van der Waals surface area contributed by atoms with Gasteiger partial charge in [-0.2, -0.15) is 0 Å². The molecule has 3 amide bonds. The number of nitrogens with one attached hydrogen (secondary N) is 2. The summed E-state index contributed by atoms with van der Waals surface area (Å²) in [4.78, 5) is 36.1. The molecule has 8 heteroatoms. The SMILES string of the molecule is CC(OC(=O)c1cc2cc(Cl)ccc2o1)C(=O)NC(=O)NCc1ccccc1. The second-order valence-electron chi connectivity index (χ2n) is 6.00. The van der Waals surface area contributed by atoms with Gasteiger partial charge < -0.3 is 14.5 Å². The Balaban J connectivity index is 1.52. The van der Waals surface area contributed by atoms with Crippen molar-refractivity contribution in [1.82, 2.24) is 10.6 Å². The molecule has 1 heterocycles. The number of imide groups is 1. The lowest BCUT2D eigenvalue weighted by Crippen LogP contribution is -2.44. The molecule has 1 unspecified atom stereocenters. The van der Waals surface area contributed by atoms with Crippen molar-refractivity contribution in [2.24, 2.45) is 0 Å². The summed E-state index contributed by atoms with van der Waals surface area (Å²) in [5, 5.41) is 5.82. The lowest BCUT2D eigenvalue weighted by atomic mass is 10.2. The van der Waals surface area contributed by atoms with Gasteiger partial charge in [0.05, 0.1) is 0 Å². The first-order valence-corrected chi connectivity index (χ1v) is 8.83. The van der Waals surface area contributed by atoms with E-state index < -0.39 is 24.0 Å². The van der Waals surface area contributed by atoms with Crippen molar-refractivity contribution in [3.8, 4) is 0 Å². The number of halogens is 1. The molecule has 0 saturated carbocycles. The summed E-state index contributed by atoms with van der Waals surface area (Å²) in [5.41, 5.74) is 1.35. The molecule has 1 atom stereocenters. The molecule has 0 bridgehead atoms. The number of amides is 3. The molecule has 3 aromatic rings. The number of fused-ring (bicyclic) bond motifs is 1. The third kappa shape index (κ3) is 4.89. The molecular formula is C20H17ClN2O5. The highest BCUT2D eigenvalue weighted by atomic mass is 35.5. The zero-order chi connectivity index (χ0) is 20.1. The van der Waals surface area contributed by atoms with E-state index in [1.165, 1.54) is 13.0 Å². The number of hydrogen-bond donors (Lipinski definition) is 2. The van der Waals surface area contributed by atoms with E-state index in [1.807, 2.05) is 30.3 Å². The Morgan fingerprint density at radius 1 is 1.11 bits per heavy atom. The van der Waals surface area contributed by atoms with Gasteiger partial charge in [-0.05, 0) is 36.8 Å². The summed E-state index contributed by atoms with van der Waals surface area (Å²) in [6.45, 7) is 1.62. The highest BCUT2D eigenvalue weighted by Crippen LogP contribution is 2.23. The minimum Gasteiger partial charge on any atom is -0.449 e. The van der Waals surface area contributed by atoms with E-state index in [0.717, 1.165) is 5.56 Å². The van der Waals surface area contributed by atoms with E-state index in [-0.39, 0.29) is 12.3 Å². The Kier molecular flexibility index (Phi) is 5.96.